The number of alkyl halides is 1. The molecule has 16 heavy (non-hydrogen) atoms. The highest BCUT2D eigenvalue weighted by Crippen LogP contribution is 2.23. The third-order valence-corrected chi connectivity index (χ3v) is 3.48. The molecule has 0 radical (unpaired) electrons. The van der Waals surface area contributed by atoms with E-state index in [0.29, 0.717) is 6.10 Å². The summed E-state index contributed by atoms with van der Waals surface area (Å²) >= 11 is 2.40. The van der Waals surface area contributed by atoms with Crippen LogP contribution in [-0.2, 0) is 4.74 Å². The Balaban J connectivity index is 2.63. The van der Waals surface area contributed by atoms with Crippen LogP contribution in [0.5, 0.6) is 0 Å². The third-order valence-electron chi connectivity index (χ3n) is 2.68. The van der Waals surface area contributed by atoms with Crippen molar-refractivity contribution in [3.8, 4) is 0 Å². The molecule has 0 aliphatic carbocycles. The van der Waals surface area contributed by atoms with Crippen LogP contribution in [-0.4, -0.2) is 10.5 Å². The molecule has 0 saturated carbocycles. The predicted octanol–water partition coefficient (Wildman–Crippen LogP) is 4.68. The van der Waals surface area contributed by atoms with Crippen molar-refractivity contribution in [2.45, 2.75) is 45.8 Å². The van der Waals surface area contributed by atoms with Gasteiger partial charge >= 0.3 is 0 Å². The van der Waals surface area contributed by atoms with Crippen LogP contribution >= 0.6 is 22.6 Å². The van der Waals surface area contributed by atoms with Crippen molar-refractivity contribution in [1.29, 1.82) is 0 Å². The van der Waals surface area contributed by atoms with Crippen LogP contribution < -0.4 is 0 Å². The molecular formula is C14H21IO. The molecular weight excluding hydrogens is 311 g/mol. The molecule has 0 amide bonds. The first-order valence-electron chi connectivity index (χ1n) is 5.95. The summed E-state index contributed by atoms with van der Waals surface area (Å²) in [4.78, 5) is 0. The van der Waals surface area contributed by atoms with Crippen molar-refractivity contribution in [1.82, 2.24) is 0 Å². The second-order valence-electron chi connectivity index (χ2n) is 4.29. The van der Waals surface area contributed by atoms with Crippen molar-refractivity contribution in [2.24, 2.45) is 0 Å². The van der Waals surface area contributed by atoms with Crippen LogP contribution in [0.15, 0.2) is 24.3 Å². The molecule has 0 N–H and O–H groups in total. The van der Waals surface area contributed by atoms with E-state index < -0.39 is 0 Å². The Hall–Kier alpha value is -0.0900. The molecule has 1 aromatic carbocycles. The molecule has 1 rings (SSSR count). The van der Waals surface area contributed by atoms with Gasteiger partial charge in [-0.25, -0.2) is 0 Å². The van der Waals surface area contributed by atoms with Crippen molar-refractivity contribution in [3.63, 3.8) is 0 Å². The molecule has 0 aromatic heterocycles. The van der Waals surface area contributed by atoms with Gasteiger partial charge in [0.15, 0.2) is 0 Å². The van der Waals surface area contributed by atoms with Crippen molar-refractivity contribution >= 4 is 22.6 Å². The molecule has 0 heterocycles. The summed E-state index contributed by atoms with van der Waals surface area (Å²) in [5.74, 6) is 0. The third kappa shape index (κ3) is 4.42. The quantitative estimate of drug-likeness (QED) is 0.543. The molecule has 2 unspecified atom stereocenters. The molecule has 1 nitrogen and oxygen atoms in total. The van der Waals surface area contributed by atoms with E-state index in [1.165, 1.54) is 17.5 Å². The van der Waals surface area contributed by atoms with E-state index in [4.69, 9.17) is 4.74 Å². The summed E-state index contributed by atoms with van der Waals surface area (Å²) in [6.07, 6.45) is 2.91. The Labute approximate surface area is 113 Å². The van der Waals surface area contributed by atoms with Crippen LogP contribution in [0.25, 0.3) is 0 Å². The molecule has 0 aliphatic rings. The molecule has 0 fully saturated rings. The topological polar surface area (TPSA) is 9.23 Å². The number of aryl methyl sites for hydroxylation is 1. The van der Waals surface area contributed by atoms with E-state index in [1.54, 1.807) is 0 Å². The smallest absolute Gasteiger partial charge is 0.0917 e. The molecule has 90 valence electrons. The highest BCUT2D eigenvalue weighted by atomic mass is 127. The van der Waals surface area contributed by atoms with Gasteiger partial charge in [0.25, 0.3) is 0 Å². The average molecular weight is 332 g/mol. The first-order valence-corrected chi connectivity index (χ1v) is 7.48. The molecule has 0 saturated heterocycles. The van der Waals surface area contributed by atoms with Crippen LogP contribution in [0.1, 0.15) is 43.9 Å². The summed E-state index contributed by atoms with van der Waals surface area (Å²) in [6, 6.07) is 8.67. The van der Waals surface area contributed by atoms with Gasteiger partial charge in [0.1, 0.15) is 0 Å². The maximum atomic E-state index is 6.06. The number of rotatable bonds is 6. The first kappa shape index (κ1) is 14.0. The molecule has 0 aliphatic heterocycles. The fraction of sp³-hybridized carbons (Fsp3) is 0.571. The summed E-state index contributed by atoms with van der Waals surface area (Å²) < 4.78 is 7.07. The highest BCUT2D eigenvalue weighted by Gasteiger charge is 2.13. The van der Waals surface area contributed by atoms with Crippen molar-refractivity contribution < 1.29 is 4.74 Å². The Morgan fingerprint density at radius 1 is 1.25 bits per heavy atom. The van der Waals surface area contributed by atoms with Crippen LogP contribution in [0.3, 0.4) is 0 Å². The number of benzene rings is 1. The van der Waals surface area contributed by atoms with E-state index in [1.807, 2.05) is 0 Å². The SMILES string of the molecule is CCCC(C)OC(CI)c1ccc(C)cc1. The van der Waals surface area contributed by atoms with Crippen LogP contribution in [0, 0.1) is 6.92 Å². The fourth-order valence-corrected chi connectivity index (χ4v) is 2.46. The predicted molar refractivity (Wildman–Crippen MR) is 78.3 cm³/mol. The fourth-order valence-electron chi connectivity index (χ4n) is 1.74. The largest absolute Gasteiger partial charge is 0.370 e. The lowest BCUT2D eigenvalue weighted by atomic mass is 10.1. The van der Waals surface area contributed by atoms with Crippen molar-refractivity contribution in [2.75, 3.05) is 4.43 Å². The summed E-state index contributed by atoms with van der Waals surface area (Å²) in [5.41, 5.74) is 2.60. The number of ether oxygens (including phenoxy) is 1. The minimum Gasteiger partial charge on any atom is -0.370 e. The summed E-state index contributed by atoms with van der Waals surface area (Å²) in [7, 11) is 0. The van der Waals surface area contributed by atoms with Gasteiger partial charge in [0.2, 0.25) is 0 Å². The van der Waals surface area contributed by atoms with E-state index in [0.717, 1.165) is 10.8 Å². The minimum absolute atomic E-state index is 0.239. The van der Waals surface area contributed by atoms with E-state index >= 15 is 0 Å². The lowest BCUT2D eigenvalue weighted by Crippen LogP contribution is -2.14. The zero-order valence-electron chi connectivity index (χ0n) is 10.4. The summed E-state index contributed by atoms with van der Waals surface area (Å²) in [6.45, 7) is 6.48. The van der Waals surface area contributed by atoms with Gasteiger partial charge in [0.05, 0.1) is 12.2 Å². The second-order valence-corrected chi connectivity index (χ2v) is 5.17. The lowest BCUT2D eigenvalue weighted by molar-refractivity contribution is 0.00680. The Morgan fingerprint density at radius 2 is 1.88 bits per heavy atom. The highest BCUT2D eigenvalue weighted by molar-refractivity contribution is 14.1. The average Bonchev–Trinajstić information content (AvgIpc) is 2.27. The molecule has 2 heteroatoms. The minimum atomic E-state index is 0.239. The lowest BCUT2D eigenvalue weighted by Gasteiger charge is -2.21. The molecule has 1 aromatic rings. The second kappa shape index (κ2) is 7.28. The maximum absolute atomic E-state index is 6.06. The van der Waals surface area contributed by atoms with Gasteiger partial charge in [-0.15, -0.1) is 0 Å². The number of hydrogen-bond donors (Lipinski definition) is 0. The zero-order valence-corrected chi connectivity index (χ0v) is 12.5. The first-order chi connectivity index (χ1) is 7.67. The zero-order chi connectivity index (χ0) is 12.0. The van der Waals surface area contributed by atoms with E-state index in [9.17, 15) is 0 Å². The van der Waals surface area contributed by atoms with Gasteiger partial charge in [-0.2, -0.15) is 0 Å². The maximum Gasteiger partial charge on any atom is 0.0917 e. The normalized spacial score (nSPS) is 14.8. The number of hydrogen-bond acceptors (Lipinski definition) is 1. The van der Waals surface area contributed by atoms with E-state index in [-0.39, 0.29) is 6.10 Å². The standard InChI is InChI=1S/C14H21IO/c1-4-5-12(3)16-14(10-15)13-8-6-11(2)7-9-13/h6-9,12,14H,4-5,10H2,1-3H3. The monoisotopic (exact) mass is 332 g/mol. The Morgan fingerprint density at radius 3 is 2.38 bits per heavy atom. The van der Waals surface area contributed by atoms with Gasteiger partial charge in [-0.1, -0.05) is 65.8 Å². The van der Waals surface area contributed by atoms with Crippen LogP contribution in [0.2, 0.25) is 0 Å². The Bertz CT molecular complexity index is 294. The van der Waals surface area contributed by atoms with Crippen molar-refractivity contribution in [3.05, 3.63) is 35.4 Å². The van der Waals surface area contributed by atoms with Crippen LogP contribution in [0.4, 0.5) is 0 Å². The van der Waals surface area contributed by atoms with E-state index in [2.05, 4.69) is 67.6 Å². The Kier molecular flexibility index (Phi) is 6.36. The van der Waals surface area contributed by atoms with Gasteiger partial charge < -0.3 is 4.74 Å². The number of halogens is 1. The van der Waals surface area contributed by atoms with Gasteiger partial charge in [0, 0.05) is 4.43 Å². The van der Waals surface area contributed by atoms with Gasteiger partial charge in [-0.3, -0.25) is 0 Å². The summed E-state index contributed by atoms with van der Waals surface area (Å²) in [5, 5.41) is 0. The molecule has 2 atom stereocenters. The molecule has 0 bridgehead atoms. The molecule has 0 spiro atoms. The van der Waals surface area contributed by atoms with Gasteiger partial charge in [-0.05, 0) is 25.8 Å².